The van der Waals surface area contributed by atoms with E-state index < -0.39 is 22.5 Å². The van der Waals surface area contributed by atoms with Crippen molar-refractivity contribution in [1.82, 2.24) is 4.57 Å². The summed E-state index contributed by atoms with van der Waals surface area (Å²) in [5.74, 6) is 1.18. The van der Waals surface area contributed by atoms with Gasteiger partial charge < -0.3 is 18.6 Å². The highest BCUT2D eigenvalue weighted by Crippen LogP contribution is 2.38. The van der Waals surface area contributed by atoms with Crippen LogP contribution >= 0.6 is 11.3 Å². The number of hydrogen-bond donors (Lipinski definition) is 0. The average Bonchev–Trinajstić information content (AvgIpc) is 3.55. The Labute approximate surface area is 243 Å². The molecule has 0 N–H and O–H groups in total. The summed E-state index contributed by atoms with van der Waals surface area (Å²) in [5.41, 5.74) is 1.79. The van der Waals surface area contributed by atoms with Crippen LogP contribution in [0.3, 0.4) is 0 Å². The number of carbonyl (C=O) groups is 1. The number of rotatable bonds is 8. The third-order valence-electron chi connectivity index (χ3n) is 6.92. The Balaban J connectivity index is 1.67. The van der Waals surface area contributed by atoms with Gasteiger partial charge >= 0.3 is 5.97 Å². The molecule has 1 atom stereocenters. The van der Waals surface area contributed by atoms with Crippen molar-refractivity contribution in [3.05, 3.63) is 106 Å². The molecule has 0 aliphatic carbocycles. The fraction of sp³-hybridized carbons (Fsp3) is 0.233. The quantitative estimate of drug-likeness (QED) is 0.169. The van der Waals surface area contributed by atoms with Gasteiger partial charge in [-0.2, -0.15) is 0 Å². The normalized spacial score (nSPS) is 14.8. The first-order valence-electron chi connectivity index (χ1n) is 12.9. The predicted molar refractivity (Wildman–Crippen MR) is 155 cm³/mol. The molecule has 1 aliphatic rings. The molecule has 3 heterocycles. The maximum Gasteiger partial charge on any atom is 0.338 e. The molecule has 0 unspecified atom stereocenters. The number of allylic oxidation sites excluding steroid dienone is 1. The zero-order chi connectivity index (χ0) is 30.1. The van der Waals surface area contributed by atoms with Crippen molar-refractivity contribution in [2.24, 2.45) is 4.99 Å². The number of benzene rings is 2. The van der Waals surface area contributed by atoms with E-state index in [4.69, 9.17) is 18.6 Å². The minimum Gasteiger partial charge on any atom is -0.497 e. The third kappa shape index (κ3) is 5.00. The van der Waals surface area contributed by atoms with Crippen molar-refractivity contribution in [2.75, 3.05) is 20.8 Å². The highest BCUT2D eigenvalue weighted by Gasteiger charge is 2.35. The van der Waals surface area contributed by atoms with Crippen molar-refractivity contribution in [3.63, 3.8) is 0 Å². The van der Waals surface area contributed by atoms with E-state index in [1.165, 1.54) is 24.9 Å². The number of carbonyl (C=O) groups excluding carboxylic acids is 1. The first-order chi connectivity index (χ1) is 20.2. The number of nitro benzene ring substituents is 1. The van der Waals surface area contributed by atoms with Crippen LogP contribution in [0.5, 0.6) is 11.5 Å². The Hall–Kier alpha value is -4.97. The van der Waals surface area contributed by atoms with E-state index in [1.807, 2.05) is 0 Å². The summed E-state index contributed by atoms with van der Waals surface area (Å²) in [6.07, 6.45) is 1.59. The Morgan fingerprint density at radius 1 is 1.17 bits per heavy atom. The van der Waals surface area contributed by atoms with Gasteiger partial charge in [0, 0.05) is 28.8 Å². The molecule has 11 nitrogen and oxygen atoms in total. The van der Waals surface area contributed by atoms with Crippen LogP contribution in [0.25, 0.3) is 17.4 Å². The van der Waals surface area contributed by atoms with Crippen LogP contribution in [0.4, 0.5) is 5.69 Å². The molecule has 0 saturated carbocycles. The number of methoxy groups -OCH3 is 2. The standard InChI is InChI=1S/C30H27N3O8S/c1-6-40-29(35)26-17(3)31-30-32(27(26)21-14-18(38-4)10-12-23(21)39-5)28(34)25(42-30)15-19-11-13-24(41-19)20-8-7-9-22(16(20)2)33(36)37/h7-15,27H,6H2,1-5H3/b25-15-/t27-/m1/s1. The highest BCUT2D eigenvalue weighted by molar-refractivity contribution is 7.07. The minimum absolute atomic E-state index is 0.0143. The summed E-state index contributed by atoms with van der Waals surface area (Å²) in [6.45, 7) is 5.21. The van der Waals surface area contributed by atoms with Crippen LogP contribution in [0.1, 0.15) is 36.8 Å². The summed E-state index contributed by atoms with van der Waals surface area (Å²) in [6, 6.07) is 12.4. The lowest BCUT2D eigenvalue weighted by Crippen LogP contribution is -2.40. The molecule has 0 amide bonds. The molecule has 1 aliphatic heterocycles. The maximum absolute atomic E-state index is 14.0. The summed E-state index contributed by atoms with van der Waals surface area (Å²) >= 11 is 1.14. The number of nitrogens with zero attached hydrogens (tertiary/aromatic N) is 3. The summed E-state index contributed by atoms with van der Waals surface area (Å²) < 4.78 is 24.2. The van der Waals surface area contributed by atoms with Crippen LogP contribution < -0.4 is 24.4 Å². The average molecular weight is 590 g/mol. The molecule has 4 aromatic rings. The van der Waals surface area contributed by atoms with Gasteiger partial charge in [-0.1, -0.05) is 23.5 Å². The molecule has 0 fully saturated rings. The molecule has 216 valence electrons. The van der Waals surface area contributed by atoms with Crippen LogP contribution in [0.2, 0.25) is 0 Å². The first kappa shape index (κ1) is 28.6. The lowest BCUT2D eigenvalue weighted by Gasteiger charge is -2.26. The Kier molecular flexibility index (Phi) is 7.81. The van der Waals surface area contributed by atoms with Gasteiger partial charge in [0.2, 0.25) is 0 Å². The second-order valence-corrected chi connectivity index (χ2v) is 10.3. The van der Waals surface area contributed by atoms with E-state index in [0.29, 0.717) is 54.7 Å². The minimum atomic E-state index is -0.896. The first-order valence-corrected chi connectivity index (χ1v) is 13.8. The van der Waals surface area contributed by atoms with Crippen LogP contribution in [0, 0.1) is 17.0 Å². The third-order valence-corrected chi connectivity index (χ3v) is 7.90. The van der Waals surface area contributed by atoms with E-state index in [1.54, 1.807) is 69.3 Å². The lowest BCUT2D eigenvalue weighted by atomic mass is 9.95. The Morgan fingerprint density at radius 2 is 1.95 bits per heavy atom. The van der Waals surface area contributed by atoms with Gasteiger partial charge in [0.15, 0.2) is 4.80 Å². The summed E-state index contributed by atoms with van der Waals surface area (Å²) in [5, 5.41) is 11.4. The van der Waals surface area contributed by atoms with Gasteiger partial charge in [0.1, 0.15) is 29.1 Å². The molecule has 2 aromatic carbocycles. The zero-order valence-electron chi connectivity index (χ0n) is 23.5. The van der Waals surface area contributed by atoms with Gasteiger partial charge in [-0.05, 0) is 51.1 Å². The smallest absolute Gasteiger partial charge is 0.338 e. The SMILES string of the molecule is CCOC(=O)C1=C(C)N=c2s/c(=C\c3ccc(-c4cccc([N+](=O)[O-])c4C)o3)c(=O)n2[C@@H]1c1cc(OC)ccc1OC. The van der Waals surface area contributed by atoms with Crippen molar-refractivity contribution < 1.29 is 28.3 Å². The maximum atomic E-state index is 14.0. The molecule has 2 aromatic heterocycles. The van der Waals surface area contributed by atoms with Gasteiger partial charge in [0.25, 0.3) is 11.2 Å². The number of aromatic nitrogens is 1. The Bertz CT molecular complexity index is 1930. The largest absolute Gasteiger partial charge is 0.497 e. The number of hydrogen-bond acceptors (Lipinski definition) is 10. The van der Waals surface area contributed by atoms with Crippen molar-refractivity contribution in [3.8, 4) is 22.8 Å². The summed E-state index contributed by atoms with van der Waals surface area (Å²) in [4.78, 5) is 43.1. The molecule has 42 heavy (non-hydrogen) atoms. The molecular weight excluding hydrogens is 562 g/mol. The lowest BCUT2D eigenvalue weighted by molar-refractivity contribution is -0.385. The molecule has 0 spiro atoms. The van der Waals surface area contributed by atoms with Crippen LogP contribution in [0.15, 0.2) is 74.0 Å². The van der Waals surface area contributed by atoms with Crippen LogP contribution in [-0.2, 0) is 9.53 Å². The fourth-order valence-electron chi connectivity index (χ4n) is 4.93. The van der Waals surface area contributed by atoms with Crippen molar-refractivity contribution >= 4 is 29.1 Å². The van der Waals surface area contributed by atoms with Crippen LogP contribution in [-0.4, -0.2) is 36.3 Å². The second-order valence-electron chi connectivity index (χ2n) is 9.32. The molecule has 0 bridgehead atoms. The molecule has 0 saturated heterocycles. The number of fused-ring (bicyclic) bond motifs is 1. The Morgan fingerprint density at radius 3 is 2.64 bits per heavy atom. The number of furan rings is 1. The molecular formula is C30H27N3O8S. The molecule has 0 radical (unpaired) electrons. The van der Waals surface area contributed by atoms with Gasteiger partial charge in [-0.15, -0.1) is 0 Å². The number of ether oxygens (including phenoxy) is 3. The van der Waals surface area contributed by atoms with Gasteiger partial charge in [-0.3, -0.25) is 19.5 Å². The van der Waals surface area contributed by atoms with Gasteiger partial charge in [0.05, 0.1) is 41.6 Å². The van der Waals surface area contributed by atoms with E-state index in [0.717, 1.165) is 11.3 Å². The highest BCUT2D eigenvalue weighted by atomic mass is 32.1. The number of nitro groups is 1. The molecule has 5 rings (SSSR count). The molecule has 12 heteroatoms. The van der Waals surface area contributed by atoms with Crippen molar-refractivity contribution in [1.29, 1.82) is 0 Å². The van der Waals surface area contributed by atoms with E-state index in [9.17, 15) is 19.7 Å². The fourth-order valence-corrected chi connectivity index (χ4v) is 5.96. The second kappa shape index (κ2) is 11.5. The number of thiazole rings is 1. The van der Waals surface area contributed by atoms with E-state index in [2.05, 4.69) is 4.99 Å². The topological polar surface area (TPSA) is 135 Å². The zero-order valence-corrected chi connectivity index (χ0v) is 24.3. The monoisotopic (exact) mass is 589 g/mol. The van der Waals surface area contributed by atoms with E-state index in [-0.39, 0.29) is 17.9 Å². The predicted octanol–water partition coefficient (Wildman–Crippen LogP) is 4.29. The summed E-state index contributed by atoms with van der Waals surface area (Å²) in [7, 11) is 3.03. The van der Waals surface area contributed by atoms with Crippen molar-refractivity contribution in [2.45, 2.75) is 26.8 Å². The number of esters is 1. The van der Waals surface area contributed by atoms with Gasteiger partial charge in [-0.25, -0.2) is 9.79 Å². The van der Waals surface area contributed by atoms with E-state index >= 15 is 0 Å².